The van der Waals surface area contributed by atoms with Gasteiger partial charge in [-0.1, -0.05) is 41.6 Å². The number of carbonyl (C=O) groups is 1. The van der Waals surface area contributed by atoms with Gasteiger partial charge in [-0.15, -0.1) is 10.2 Å². The van der Waals surface area contributed by atoms with E-state index in [1.54, 1.807) is 7.11 Å². The first-order valence-corrected chi connectivity index (χ1v) is 11.4. The van der Waals surface area contributed by atoms with E-state index in [4.69, 9.17) is 16.3 Å². The van der Waals surface area contributed by atoms with E-state index in [2.05, 4.69) is 20.5 Å². The van der Waals surface area contributed by atoms with Crippen LogP contribution in [0.25, 0.3) is 22.3 Å². The molecule has 2 aromatic heterocycles. The van der Waals surface area contributed by atoms with Gasteiger partial charge in [-0.3, -0.25) is 9.36 Å². The standard InChI is InChI=1S/C22H19ClF3N5O2S/c1-33-9-8-31-20(15-11-27-17-5-3-2-4-14(15)17)29-30-21(31)34-12-19(32)28-18-10-13(22(24,25)26)6-7-16(18)23/h2-7,10-11,27H,8-9,12H2,1H3,(H,28,32). The molecule has 2 heterocycles. The van der Waals surface area contributed by atoms with E-state index in [9.17, 15) is 18.0 Å². The Balaban J connectivity index is 1.53. The molecule has 0 aliphatic rings. The van der Waals surface area contributed by atoms with Gasteiger partial charge in [0, 0.05) is 29.8 Å². The quantitative estimate of drug-likeness (QED) is 0.307. The minimum absolute atomic E-state index is 0.0104. The topological polar surface area (TPSA) is 84.8 Å². The summed E-state index contributed by atoms with van der Waals surface area (Å²) in [5, 5.41) is 12.4. The van der Waals surface area contributed by atoms with Crippen molar-refractivity contribution in [1.82, 2.24) is 19.7 Å². The number of alkyl halides is 3. The van der Waals surface area contributed by atoms with E-state index in [1.165, 1.54) is 0 Å². The number of ether oxygens (including phenoxy) is 1. The third-order valence-electron chi connectivity index (χ3n) is 4.97. The summed E-state index contributed by atoms with van der Waals surface area (Å²) in [4.78, 5) is 15.7. The number of halogens is 4. The molecular weight excluding hydrogens is 491 g/mol. The summed E-state index contributed by atoms with van der Waals surface area (Å²) in [5.74, 6) is -0.0227. The number of fused-ring (bicyclic) bond motifs is 1. The number of hydrogen-bond acceptors (Lipinski definition) is 5. The van der Waals surface area contributed by atoms with Gasteiger partial charge in [0.25, 0.3) is 0 Å². The van der Waals surface area contributed by atoms with Crippen molar-refractivity contribution in [3.63, 3.8) is 0 Å². The molecule has 12 heteroatoms. The highest BCUT2D eigenvalue weighted by Crippen LogP contribution is 2.34. The zero-order valence-electron chi connectivity index (χ0n) is 17.8. The van der Waals surface area contributed by atoms with Crippen LogP contribution in [-0.2, 0) is 22.3 Å². The minimum Gasteiger partial charge on any atom is -0.383 e. The van der Waals surface area contributed by atoms with Crippen molar-refractivity contribution in [1.29, 1.82) is 0 Å². The van der Waals surface area contributed by atoms with Crippen molar-refractivity contribution in [3.05, 3.63) is 59.2 Å². The Morgan fingerprint density at radius 3 is 2.79 bits per heavy atom. The molecule has 0 saturated carbocycles. The second kappa shape index (κ2) is 10.1. The van der Waals surface area contributed by atoms with Crippen LogP contribution >= 0.6 is 23.4 Å². The Kier molecular flexibility index (Phi) is 7.15. The molecule has 34 heavy (non-hydrogen) atoms. The first kappa shape index (κ1) is 24.1. The van der Waals surface area contributed by atoms with Crippen LogP contribution in [0.3, 0.4) is 0 Å². The monoisotopic (exact) mass is 509 g/mol. The normalized spacial score (nSPS) is 11.8. The molecule has 178 valence electrons. The van der Waals surface area contributed by atoms with Crippen molar-refractivity contribution in [2.24, 2.45) is 0 Å². The summed E-state index contributed by atoms with van der Waals surface area (Å²) < 4.78 is 46.0. The minimum atomic E-state index is -4.55. The van der Waals surface area contributed by atoms with Crippen molar-refractivity contribution >= 4 is 45.9 Å². The molecule has 0 aliphatic heterocycles. The number of thioether (sulfide) groups is 1. The van der Waals surface area contributed by atoms with Crippen molar-refractivity contribution in [2.45, 2.75) is 17.9 Å². The van der Waals surface area contributed by atoms with Crippen molar-refractivity contribution in [2.75, 3.05) is 24.8 Å². The molecule has 0 saturated heterocycles. The number of para-hydroxylation sites is 1. The van der Waals surface area contributed by atoms with E-state index in [0.717, 1.165) is 46.4 Å². The Morgan fingerprint density at radius 2 is 2.03 bits per heavy atom. The SMILES string of the molecule is COCCn1c(SCC(=O)Nc2cc(C(F)(F)F)ccc2Cl)nnc1-c1c[nH]c2ccccc12. The summed E-state index contributed by atoms with van der Waals surface area (Å²) in [7, 11) is 1.58. The molecule has 2 aromatic carbocycles. The average molecular weight is 510 g/mol. The zero-order chi connectivity index (χ0) is 24.3. The fraction of sp³-hybridized carbons (Fsp3) is 0.227. The molecular formula is C22H19ClF3N5O2S. The third kappa shape index (κ3) is 5.21. The number of H-pyrrole nitrogens is 1. The van der Waals surface area contributed by atoms with E-state index in [0.29, 0.717) is 24.1 Å². The zero-order valence-corrected chi connectivity index (χ0v) is 19.4. The largest absolute Gasteiger partial charge is 0.416 e. The first-order chi connectivity index (χ1) is 16.3. The highest BCUT2D eigenvalue weighted by atomic mass is 35.5. The molecule has 1 amide bonds. The van der Waals surface area contributed by atoms with Gasteiger partial charge < -0.3 is 15.0 Å². The average Bonchev–Trinajstić information content (AvgIpc) is 3.40. The maximum Gasteiger partial charge on any atom is 0.416 e. The summed E-state index contributed by atoms with van der Waals surface area (Å²) >= 11 is 7.08. The van der Waals surface area contributed by atoms with Gasteiger partial charge >= 0.3 is 6.18 Å². The van der Waals surface area contributed by atoms with E-state index in [-0.39, 0.29) is 16.5 Å². The fourth-order valence-electron chi connectivity index (χ4n) is 3.35. The number of aromatic amines is 1. The molecule has 0 fully saturated rings. The number of benzene rings is 2. The highest BCUT2D eigenvalue weighted by Gasteiger charge is 2.31. The number of hydrogen-bond donors (Lipinski definition) is 2. The van der Waals surface area contributed by atoms with Crippen molar-refractivity contribution in [3.8, 4) is 11.4 Å². The lowest BCUT2D eigenvalue weighted by molar-refractivity contribution is -0.137. The smallest absolute Gasteiger partial charge is 0.383 e. The second-order valence-corrected chi connectivity index (χ2v) is 8.58. The van der Waals surface area contributed by atoms with Crippen LogP contribution in [-0.4, -0.2) is 45.1 Å². The Hall–Kier alpha value is -3.02. The molecule has 0 radical (unpaired) electrons. The van der Waals surface area contributed by atoms with Gasteiger partial charge in [0.05, 0.1) is 35.2 Å². The number of amides is 1. The highest BCUT2D eigenvalue weighted by molar-refractivity contribution is 7.99. The number of carbonyl (C=O) groups excluding carboxylic acids is 1. The Morgan fingerprint density at radius 1 is 1.24 bits per heavy atom. The molecule has 2 N–H and O–H groups in total. The maximum atomic E-state index is 13.0. The number of anilines is 1. The fourth-order valence-corrected chi connectivity index (χ4v) is 4.28. The van der Waals surface area contributed by atoms with Crippen LogP contribution in [0.2, 0.25) is 5.02 Å². The van der Waals surface area contributed by atoms with Crippen LogP contribution in [0.15, 0.2) is 53.8 Å². The van der Waals surface area contributed by atoms with Gasteiger partial charge in [-0.25, -0.2) is 0 Å². The number of methoxy groups -OCH3 is 1. The van der Waals surface area contributed by atoms with Gasteiger partial charge in [0.1, 0.15) is 0 Å². The lowest BCUT2D eigenvalue weighted by Crippen LogP contribution is -2.16. The van der Waals surface area contributed by atoms with Crippen LogP contribution in [0.5, 0.6) is 0 Å². The molecule has 4 rings (SSSR count). The number of aromatic nitrogens is 4. The van der Waals surface area contributed by atoms with Gasteiger partial charge in [0.2, 0.25) is 5.91 Å². The van der Waals surface area contributed by atoms with Crippen LogP contribution in [0.4, 0.5) is 18.9 Å². The summed E-state index contributed by atoms with van der Waals surface area (Å²) in [6, 6.07) is 10.5. The lowest BCUT2D eigenvalue weighted by Gasteiger charge is -2.12. The lowest BCUT2D eigenvalue weighted by atomic mass is 10.1. The van der Waals surface area contributed by atoms with Crippen LogP contribution in [0, 0.1) is 0 Å². The van der Waals surface area contributed by atoms with E-state index in [1.807, 2.05) is 35.0 Å². The molecule has 0 spiro atoms. The van der Waals surface area contributed by atoms with Gasteiger partial charge in [-0.05, 0) is 24.3 Å². The predicted octanol–water partition coefficient (Wildman–Crippen LogP) is 5.48. The van der Waals surface area contributed by atoms with E-state index >= 15 is 0 Å². The predicted molar refractivity (Wildman–Crippen MR) is 125 cm³/mol. The first-order valence-electron chi connectivity index (χ1n) is 10.1. The third-order valence-corrected chi connectivity index (χ3v) is 6.26. The van der Waals surface area contributed by atoms with E-state index < -0.39 is 17.6 Å². The van der Waals surface area contributed by atoms with Crippen LogP contribution < -0.4 is 5.32 Å². The maximum absolute atomic E-state index is 13.0. The number of nitrogens with one attached hydrogen (secondary N) is 2. The van der Waals surface area contributed by atoms with Crippen LogP contribution in [0.1, 0.15) is 5.56 Å². The molecule has 0 atom stereocenters. The summed E-state index contributed by atoms with van der Waals surface area (Å²) in [5.41, 5.74) is 0.793. The molecule has 4 aromatic rings. The van der Waals surface area contributed by atoms with Gasteiger partial charge in [0.15, 0.2) is 11.0 Å². The molecule has 0 unspecified atom stereocenters. The molecule has 0 bridgehead atoms. The molecule has 7 nitrogen and oxygen atoms in total. The second-order valence-electron chi connectivity index (χ2n) is 7.23. The summed E-state index contributed by atoms with van der Waals surface area (Å²) in [6.07, 6.45) is -2.70. The molecule has 0 aliphatic carbocycles. The number of nitrogens with zero attached hydrogens (tertiary/aromatic N) is 3. The van der Waals surface area contributed by atoms with Crippen molar-refractivity contribution < 1.29 is 22.7 Å². The Bertz CT molecular complexity index is 1320. The van der Waals surface area contributed by atoms with Gasteiger partial charge in [-0.2, -0.15) is 13.2 Å². The summed E-state index contributed by atoms with van der Waals surface area (Å²) in [6.45, 7) is 0.842. The number of rotatable bonds is 8. The Labute approximate surface area is 201 Å².